The molecule has 4 nitrogen and oxygen atoms in total. The van der Waals surface area contributed by atoms with Crippen molar-refractivity contribution in [1.29, 1.82) is 0 Å². The lowest BCUT2D eigenvalue weighted by atomic mass is 9.90. The predicted molar refractivity (Wildman–Crippen MR) is 121 cm³/mol. The molecule has 166 valence electrons. The third-order valence-corrected chi connectivity index (χ3v) is 5.38. The molecule has 0 rings (SSSR count). The van der Waals surface area contributed by atoms with Crippen LogP contribution in [0.4, 0.5) is 0 Å². The second kappa shape index (κ2) is 14.1. The molecular formula is C24H48N2O2. The van der Waals surface area contributed by atoms with E-state index in [0.29, 0.717) is 30.5 Å². The molecule has 1 N–H and O–H groups in total. The molecule has 1 amide bonds. The first-order valence-corrected chi connectivity index (χ1v) is 11.4. The van der Waals surface area contributed by atoms with Crippen LogP contribution in [0.3, 0.4) is 0 Å². The number of carbonyl (C=O) groups is 2. The lowest BCUT2D eigenvalue weighted by Gasteiger charge is -2.31. The highest BCUT2D eigenvalue weighted by atomic mass is 16.1. The molecule has 28 heavy (non-hydrogen) atoms. The normalized spacial score (nSPS) is 12.4. The van der Waals surface area contributed by atoms with E-state index in [1.807, 2.05) is 0 Å². The van der Waals surface area contributed by atoms with Crippen molar-refractivity contribution >= 4 is 11.7 Å². The van der Waals surface area contributed by atoms with Crippen LogP contribution in [0.5, 0.6) is 0 Å². The standard InChI is InChI=1S/C24H48N2O2/c1-23(2,3)18-12-13-19-25-22(28)17-11-9-8-10-15-21(27)16-14-20-26(7)24(4,5)6/h8-20H2,1-7H3,(H,25,28). The van der Waals surface area contributed by atoms with Crippen LogP contribution in [0.1, 0.15) is 112 Å². The molecule has 0 heterocycles. The van der Waals surface area contributed by atoms with Crippen molar-refractivity contribution in [3.05, 3.63) is 0 Å². The van der Waals surface area contributed by atoms with Crippen molar-refractivity contribution in [2.24, 2.45) is 5.41 Å². The molecule has 0 bridgehead atoms. The summed E-state index contributed by atoms with van der Waals surface area (Å²) in [5.74, 6) is 0.560. The lowest BCUT2D eigenvalue weighted by molar-refractivity contribution is -0.121. The average Bonchev–Trinajstić information content (AvgIpc) is 2.55. The first-order valence-electron chi connectivity index (χ1n) is 11.4. The Labute approximate surface area is 175 Å². The maximum absolute atomic E-state index is 12.0. The van der Waals surface area contributed by atoms with Gasteiger partial charge in [0.2, 0.25) is 5.91 Å². The highest BCUT2D eigenvalue weighted by Gasteiger charge is 2.16. The largest absolute Gasteiger partial charge is 0.356 e. The van der Waals surface area contributed by atoms with Gasteiger partial charge in [-0.15, -0.1) is 0 Å². The van der Waals surface area contributed by atoms with Gasteiger partial charge in [-0.3, -0.25) is 9.59 Å². The first kappa shape index (κ1) is 27.1. The van der Waals surface area contributed by atoms with Gasteiger partial charge in [0.15, 0.2) is 0 Å². The Balaban J connectivity index is 3.50. The molecule has 0 spiro atoms. The van der Waals surface area contributed by atoms with Crippen molar-refractivity contribution in [1.82, 2.24) is 10.2 Å². The van der Waals surface area contributed by atoms with Crippen LogP contribution in [-0.2, 0) is 9.59 Å². The number of hydrogen-bond acceptors (Lipinski definition) is 3. The summed E-state index contributed by atoms with van der Waals surface area (Å²) in [6.07, 6.45) is 10.4. The number of carbonyl (C=O) groups excluding carboxylic acids is 2. The number of amides is 1. The number of nitrogens with one attached hydrogen (secondary N) is 1. The Morgan fingerprint density at radius 1 is 0.750 bits per heavy atom. The zero-order valence-electron chi connectivity index (χ0n) is 20.0. The number of nitrogens with zero attached hydrogens (tertiary/aromatic N) is 1. The molecule has 0 unspecified atom stereocenters. The van der Waals surface area contributed by atoms with Gasteiger partial charge in [-0.1, -0.05) is 40.0 Å². The molecule has 0 aromatic rings. The molecule has 0 radical (unpaired) electrons. The second-order valence-electron chi connectivity index (χ2n) is 10.5. The van der Waals surface area contributed by atoms with Gasteiger partial charge in [0.05, 0.1) is 0 Å². The molecule has 0 atom stereocenters. The topological polar surface area (TPSA) is 49.4 Å². The van der Waals surface area contributed by atoms with Crippen LogP contribution in [0.25, 0.3) is 0 Å². The molecule has 0 aromatic carbocycles. The van der Waals surface area contributed by atoms with E-state index in [1.165, 1.54) is 12.8 Å². The lowest BCUT2D eigenvalue weighted by Crippen LogP contribution is -2.38. The minimum absolute atomic E-state index is 0.168. The van der Waals surface area contributed by atoms with Gasteiger partial charge < -0.3 is 10.2 Å². The van der Waals surface area contributed by atoms with E-state index in [2.05, 4.69) is 58.8 Å². The molecule has 0 aliphatic rings. The minimum Gasteiger partial charge on any atom is -0.356 e. The SMILES string of the molecule is CN(CCCC(=O)CCCCCCC(=O)NCCCCC(C)(C)C)C(C)(C)C. The molecule has 4 heteroatoms. The Morgan fingerprint density at radius 2 is 1.32 bits per heavy atom. The van der Waals surface area contributed by atoms with Crippen LogP contribution in [0.2, 0.25) is 0 Å². The van der Waals surface area contributed by atoms with Gasteiger partial charge in [-0.25, -0.2) is 0 Å². The van der Waals surface area contributed by atoms with E-state index in [4.69, 9.17) is 0 Å². The highest BCUT2D eigenvalue weighted by Crippen LogP contribution is 2.21. The van der Waals surface area contributed by atoms with Gasteiger partial charge in [-0.2, -0.15) is 0 Å². The Morgan fingerprint density at radius 3 is 1.89 bits per heavy atom. The van der Waals surface area contributed by atoms with Gasteiger partial charge in [0.1, 0.15) is 5.78 Å². The minimum atomic E-state index is 0.168. The summed E-state index contributed by atoms with van der Waals surface area (Å²) in [4.78, 5) is 26.1. The summed E-state index contributed by atoms with van der Waals surface area (Å²) in [5, 5.41) is 3.02. The molecule has 0 aliphatic heterocycles. The van der Waals surface area contributed by atoms with E-state index < -0.39 is 0 Å². The van der Waals surface area contributed by atoms with E-state index in [0.717, 1.165) is 51.6 Å². The van der Waals surface area contributed by atoms with E-state index >= 15 is 0 Å². The van der Waals surface area contributed by atoms with E-state index in [9.17, 15) is 9.59 Å². The maximum atomic E-state index is 12.0. The monoisotopic (exact) mass is 396 g/mol. The van der Waals surface area contributed by atoms with Crippen molar-refractivity contribution < 1.29 is 9.59 Å². The smallest absolute Gasteiger partial charge is 0.219 e. The van der Waals surface area contributed by atoms with Crippen LogP contribution in [0.15, 0.2) is 0 Å². The number of ketones is 1. The van der Waals surface area contributed by atoms with Gasteiger partial charge >= 0.3 is 0 Å². The molecular weight excluding hydrogens is 348 g/mol. The molecule has 0 saturated heterocycles. The third kappa shape index (κ3) is 17.2. The summed E-state index contributed by atoms with van der Waals surface area (Å²) in [7, 11) is 2.12. The fourth-order valence-electron chi connectivity index (χ4n) is 3.03. The molecule has 0 aromatic heterocycles. The third-order valence-electron chi connectivity index (χ3n) is 5.38. The summed E-state index contributed by atoms with van der Waals surface area (Å²) in [5.41, 5.74) is 0.552. The Hall–Kier alpha value is -0.900. The quantitative estimate of drug-likeness (QED) is 0.359. The van der Waals surface area contributed by atoms with Crippen molar-refractivity contribution in [2.75, 3.05) is 20.1 Å². The van der Waals surface area contributed by atoms with Crippen LogP contribution < -0.4 is 5.32 Å². The van der Waals surface area contributed by atoms with Crippen molar-refractivity contribution in [3.8, 4) is 0 Å². The summed E-state index contributed by atoms with van der Waals surface area (Å²) in [6.45, 7) is 15.1. The second-order valence-corrected chi connectivity index (χ2v) is 10.5. The van der Waals surface area contributed by atoms with E-state index in [-0.39, 0.29) is 11.4 Å². The fraction of sp³-hybridized carbons (Fsp3) is 0.917. The zero-order valence-corrected chi connectivity index (χ0v) is 20.0. The predicted octanol–water partition coefficient (Wildman–Crippen LogP) is 5.74. The fourth-order valence-corrected chi connectivity index (χ4v) is 3.03. The van der Waals surface area contributed by atoms with Crippen LogP contribution in [-0.4, -0.2) is 42.3 Å². The number of unbranched alkanes of at least 4 members (excludes halogenated alkanes) is 4. The summed E-state index contributed by atoms with van der Waals surface area (Å²) >= 11 is 0. The average molecular weight is 397 g/mol. The molecule has 0 fully saturated rings. The molecule has 0 aliphatic carbocycles. The van der Waals surface area contributed by atoms with Gasteiger partial charge in [0.25, 0.3) is 0 Å². The number of rotatable bonds is 15. The molecule has 0 saturated carbocycles. The van der Waals surface area contributed by atoms with Gasteiger partial charge in [-0.05, 0) is 71.9 Å². The van der Waals surface area contributed by atoms with Crippen LogP contribution >= 0.6 is 0 Å². The van der Waals surface area contributed by atoms with E-state index in [1.54, 1.807) is 0 Å². The first-order chi connectivity index (χ1) is 12.9. The van der Waals surface area contributed by atoms with Crippen molar-refractivity contribution in [3.63, 3.8) is 0 Å². The Bertz CT molecular complexity index is 433. The van der Waals surface area contributed by atoms with Crippen LogP contribution in [0, 0.1) is 5.41 Å². The number of Topliss-reactive ketones (excluding diaryl/α,β-unsaturated/α-hetero) is 1. The van der Waals surface area contributed by atoms with Crippen molar-refractivity contribution in [2.45, 2.75) is 118 Å². The summed E-state index contributed by atoms with van der Waals surface area (Å²) < 4.78 is 0. The summed E-state index contributed by atoms with van der Waals surface area (Å²) in [6, 6.07) is 0. The highest BCUT2D eigenvalue weighted by molar-refractivity contribution is 5.78. The Kier molecular flexibility index (Phi) is 13.7. The van der Waals surface area contributed by atoms with Gasteiger partial charge in [0, 0.05) is 31.3 Å². The maximum Gasteiger partial charge on any atom is 0.219 e. The number of hydrogen-bond donors (Lipinski definition) is 1. The zero-order chi connectivity index (χ0) is 21.6.